The number of hydrogen-bond acceptors (Lipinski definition) is 7. The molecule has 0 aliphatic carbocycles. The fourth-order valence-corrected chi connectivity index (χ4v) is 3.34. The molecule has 0 saturated carbocycles. The van der Waals surface area contributed by atoms with Crippen LogP contribution in [-0.2, 0) is 16.1 Å². The minimum atomic E-state index is -0.630. The predicted octanol–water partition coefficient (Wildman–Crippen LogP) is 4.83. The average molecular weight is 464 g/mol. The molecule has 0 radical (unpaired) electrons. The molecule has 1 N–H and O–H groups in total. The molecule has 0 fully saturated rings. The third-order valence-electron chi connectivity index (χ3n) is 4.91. The highest BCUT2D eigenvalue weighted by Crippen LogP contribution is 2.41. The maximum atomic E-state index is 13.4. The first-order chi connectivity index (χ1) is 16.5. The van der Waals surface area contributed by atoms with E-state index < -0.39 is 23.8 Å². The maximum absolute atomic E-state index is 13.4. The number of esters is 1. The SMILES string of the molecule is CCOC(=O)COc1c(OCc2ccccc2)cc(O)c2c(=O)cc(-c3ccc(F)cc3)oc12. The van der Waals surface area contributed by atoms with Gasteiger partial charge in [-0.1, -0.05) is 30.3 Å². The molecule has 0 amide bonds. The van der Waals surface area contributed by atoms with Crippen molar-refractivity contribution in [2.24, 2.45) is 0 Å². The van der Waals surface area contributed by atoms with Gasteiger partial charge in [-0.3, -0.25) is 4.79 Å². The molecule has 174 valence electrons. The van der Waals surface area contributed by atoms with Crippen molar-refractivity contribution in [2.45, 2.75) is 13.5 Å². The molecule has 3 aromatic carbocycles. The van der Waals surface area contributed by atoms with E-state index in [0.29, 0.717) is 5.56 Å². The zero-order valence-corrected chi connectivity index (χ0v) is 18.2. The highest BCUT2D eigenvalue weighted by Gasteiger charge is 2.22. The van der Waals surface area contributed by atoms with Gasteiger partial charge in [0.05, 0.1) is 6.61 Å². The summed E-state index contributed by atoms with van der Waals surface area (Å²) in [6, 6.07) is 17.1. The molecular weight excluding hydrogens is 443 g/mol. The molecule has 0 bridgehead atoms. The summed E-state index contributed by atoms with van der Waals surface area (Å²) >= 11 is 0. The van der Waals surface area contributed by atoms with Gasteiger partial charge in [-0.25, -0.2) is 9.18 Å². The van der Waals surface area contributed by atoms with Gasteiger partial charge in [-0.15, -0.1) is 0 Å². The van der Waals surface area contributed by atoms with E-state index in [1.807, 2.05) is 30.3 Å². The molecule has 0 aliphatic heterocycles. The first-order valence-corrected chi connectivity index (χ1v) is 10.5. The van der Waals surface area contributed by atoms with Crippen molar-refractivity contribution in [1.29, 1.82) is 0 Å². The summed E-state index contributed by atoms with van der Waals surface area (Å²) in [7, 11) is 0. The summed E-state index contributed by atoms with van der Waals surface area (Å²) in [4.78, 5) is 24.8. The smallest absolute Gasteiger partial charge is 0.344 e. The Morgan fingerprint density at radius 3 is 2.47 bits per heavy atom. The van der Waals surface area contributed by atoms with E-state index >= 15 is 0 Å². The molecular formula is C26H21FO7. The predicted molar refractivity (Wildman–Crippen MR) is 122 cm³/mol. The Hall–Kier alpha value is -4.33. The van der Waals surface area contributed by atoms with Crippen LogP contribution in [0.4, 0.5) is 4.39 Å². The standard InChI is InChI=1S/C26H21FO7/c1-2-31-23(30)15-33-25-22(32-14-16-6-4-3-5-7-16)13-20(29)24-19(28)12-21(34-26(24)25)17-8-10-18(27)11-9-17/h3-13,29H,2,14-15H2,1H3. The number of benzene rings is 3. The lowest BCUT2D eigenvalue weighted by Crippen LogP contribution is -2.15. The summed E-state index contributed by atoms with van der Waals surface area (Å²) in [5, 5.41) is 10.4. The summed E-state index contributed by atoms with van der Waals surface area (Å²) in [6.07, 6.45) is 0. The Morgan fingerprint density at radius 1 is 1.03 bits per heavy atom. The Balaban J connectivity index is 1.83. The van der Waals surface area contributed by atoms with E-state index in [0.717, 1.165) is 5.56 Å². The number of carbonyl (C=O) groups is 1. The fraction of sp³-hybridized carbons (Fsp3) is 0.154. The second-order valence-corrected chi connectivity index (χ2v) is 7.28. The first-order valence-electron chi connectivity index (χ1n) is 10.5. The molecule has 0 atom stereocenters. The van der Waals surface area contributed by atoms with E-state index in [-0.39, 0.29) is 47.2 Å². The second-order valence-electron chi connectivity index (χ2n) is 7.28. The van der Waals surface area contributed by atoms with Crippen molar-refractivity contribution >= 4 is 16.9 Å². The number of hydrogen-bond donors (Lipinski definition) is 1. The molecule has 7 nitrogen and oxygen atoms in total. The quantitative estimate of drug-likeness (QED) is 0.373. The molecule has 0 saturated heterocycles. The van der Waals surface area contributed by atoms with Crippen LogP contribution < -0.4 is 14.9 Å². The van der Waals surface area contributed by atoms with Crippen LogP contribution in [0.25, 0.3) is 22.3 Å². The van der Waals surface area contributed by atoms with Crippen LogP contribution in [0, 0.1) is 5.82 Å². The molecule has 34 heavy (non-hydrogen) atoms. The molecule has 4 aromatic rings. The summed E-state index contributed by atoms with van der Waals surface area (Å²) < 4.78 is 35.7. The van der Waals surface area contributed by atoms with Gasteiger partial charge >= 0.3 is 5.97 Å². The molecule has 1 aromatic heterocycles. The van der Waals surface area contributed by atoms with E-state index in [9.17, 15) is 19.1 Å². The van der Waals surface area contributed by atoms with Crippen LogP contribution in [0.1, 0.15) is 12.5 Å². The lowest BCUT2D eigenvalue weighted by atomic mass is 10.1. The largest absolute Gasteiger partial charge is 0.507 e. The normalized spacial score (nSPS) is 10.8. The van der Waals surface area contributed by atoms with Crippen molar-refractivity contribution < 1.29 is 32.9 Å². The number of phenolic OH excluding ortho intramolecular Hbond substituents is 1. The van der Waals surface area contributed by atoms with Crippen molar-refractivity contribution in [3.8, 4) is 28.6 Å². The number of ether oxygens (including phenoxy) is 3. The number of halogens is 1. The van der Waals surface area contributed by atoms with Gasteiger partial charge in [0.2, 0.25) is 5.75 Å². The van der Waals surface area contributed by atoms with Gasteiger partial charge < -0.3 is 23.7 Å². The second kappa shape index (κ2) is 10.1. The molecule has 1 heterocycles. The summed E-state index contributed by atoms with van der Waals surface area (Å²) in [6.45, 7) is 1.49. The van der Waals surface area contributed by atoms with Crippen LogP contribution in [-0.4, -0.2) is 24.3 Å². The van der Waals surface area contributed by atoms with E-state index in [1.165, 1.54) is 36.4 Å². The number of aromatic hydroxyl groups is 1. The zero-order chi connectivity index (χ0) is 24.1. The molecule has 4 rings (SSSR count). The monoisotopic (exact) mass is 464 g/mol. The van der Waals surface area contributed by atoms with Crippen LogP contribution >= 0.6 is 0 Å². The molecule has 8 heteroatoms. The number of fused-ring (bicyclic) bond motifs is 1. The third-order valence-corrected chi connectivity index (χ3v) is 4.91. The summed E-state index contributed by atoms with van der Waals surface area (Å²) in [5.74, 6) is -1.30. The maximum Gasteiger partial charge on any atom is 0.344 e. The van der Waals surface area contributed by atoms with Crippen molar-refractivity contribution in [3.05, 3.63) is 88.3 Å². The van der Waals surface area contributed by atoms with Gasteiger partial charge in [-0.2, -0.15) is 0 Å². The van der Waals surface area contributed by atoms with E-state index in [2.05, 4.69) is 0 Å². The third kappa shape index (κ3) is 5.01. The summed E-state index contributed by atoms with van der Waals surface area (Å²) in [5.41, 5.74) is 0.625. The number of carbonyl (C=O) groups excluding carboxylic acids is 1. The van der Waals surface area contributed by atoms with Gasteiger partial charge in [-0.05, 0) is 36.8 Å². The van der Waals surface area contributed by atoms with Crippen LogP contribution in [0.3, 0.4) is 0 Å². The minimum Gasteiger partial charge on any atom is -0.507 e. The van der Waals surface area contributed by atoms with Crippen LogP contribution in [0.15, 0.2) is 75.9 Å². The first kappa shape index (κ1) is 22.8. The molecule has 0 aliphatic rings. The van der Waals surface area contributed by atoms with Crippen LogP contribution in [0.5, 0.6) is 17.2 Å². The van der Waals surface area contributed by atoms with Gasteiger partial charge in [0.25, 0.3) is 0 Å². The van der Waals surface area contributed by atoms with E-state index in [1.54, 1.807) is 6.92 Å². The van der Waals surface area contributed by atoms with E-state index in [4.69, 9.17) is 18.6 Å². The fourth-order valence-electron chi connectivity index (χ4n) is 3.34. The molecule has 0 spiro atoms. The Bertz CT molecular complexity index is 1360. The highest BCUT2D eigenvalue weighted by molar-refractivity contribution is 5.92. The number of phenols is 1. The Labute approximate surface area is 193 Å². The molecule has 0 unspecified atom stereocenters. The zero-order valence-electron chi connectivity index (χ0n) is 18.2. The van der Waals surface area contributed by atoms with Crippen molar-refractivity contribution in [3.63, 3.8) is 0 Å². The minimum absolute atomic E-state index is 0.0437. The highest BCUT2D eigenvalue weighted by atomic mass is 19.1. The lowest BCUT2D eigenvalue weighted by molar-refractivity contribution is -0.145. The van der Waals surface area contributed by atoms with Gasteiger partial charge in [0.1, 0.15) is 29.3 Å². The Morgan fingerprint density at radius 2 is 1.76 bits per heavy atom. The lowest BCUT2D eigenvalue weighted by Gasteiger charge is -2.15. The van der Waals surface area contributed by atoms with Gasteiger partial charge in [0, 0.05) is 17.7 Å². The Kier molecular flexibility index (Phi) is 6.77. The van der Waals surface area contributed by atoms with Gasteiger partial charge in [0.15, 0.2) is 23.4 Å². The number of rotatable bonds is 8. The van der Waals surface area contributed by atoms with Crippen molar-refractivity contribution in [1.82, 2.24) is 0 Å². The average Bonchev–Trinajstić information content (AvgIpc) is 2.83. The van der Waals surface area contributed by atoms with Crippen LogP contribution in [0.2, 0.25) is 0 Å². The topological polar surface area (TPSA) is 95.2 Å². The van der Waals surface area contributed by atoms with Crippen molar-refractivity contribution in [2.75, 3.05) is 13.2 Å².